The fraction of sp³-hybridized carbons (Fsp3) is 0.947. The molecule has 0 atom stereocenters. The van der Waals surface area contributed by atoms with Crippen LogP contribution in [0.1, 0.15) is 110 Å². The Morgan fingerprint density at radius 3 is 1.96 bits per heavy atom. The van der Waals surface area contributed by atoms with Gasteiger partial charge in [-0.2, -0.15) is 0 Å². The zero-order chi connectivity index (χ0) is 16.8. The molecule has 1 aliphatic carbocycles. The van der Waals surface area contributed by atoms with E-state index in [4.69, 9.17) is 5.73 Å². The summed E-state index contributed by atoms with van der Waals surface area (Å²) in [6, 6.07) is -0.400. The van der Waals surface area contributed by atoms with Gasteiger partial charge in [-0.3, -0.25) is 4.72 Å². The lowest BCUT2D eigenvalue weighted by molar-refractivity contribution is 0.254. The fourth-order valence-electron chi connectivity index (χ4n) is 3.69. The summed E-state index contributed by atoms with van der Waals surface area (Å²) in [4.78, 5) is 11.0. The summed E-state index contributed by atoms with van der Waals surface area (Å²) in [5.41, 5.74) is 5.25. The largest absolute Gasteiger partial charge is 0.351 e. The third-order valence-corrected chi connectivity index (χ3v) is 6.47. The van der Waals surface area contributed by atoms with Crippen LogP contribution in [-0.4, -0.2) is 10.8 Å². The van der Waals surface area contributed by atoms with Gasteiger partial charge in [0.15, 0.2) is 0 Å². The number of amides is 2. The first-order valence-electron chi connectivity index (χ1n) is 9.92. The predicted molar refractivity (Wildman–Crippen MR) is 103 cm³/mol. The minimum Gasteiger partial charge on any atom is -0.351 e. The van der Waals surface area contributed by atoms with Gasteiger partial charge in [0, 0.05) is 4.75 Å². The van der Waals surface area contributed by atoms with Crippen molar-refractivity contribution in [1.82, 2.24) is 4.72 Å². The lowest BCUT2D eigenvalue weighted by Gasteiger charge is -2.36. The van der Waals surface area contributed by atoms with Crippen molar-refractivity contribution in [2.45, 2.75) is 114 Å². The number of nitrogens with two attached hydrogens (primary N) is 1. The van der Waals surface area contributed by atoms with Crippen molar-refractivity contribution < 1.29 is 4.79 Å². The zero-order valence-corrected chi connectivity index (χ0v) is 16.0. The fourth-order valence-corrected chi connectivity index (χ4v) is 4.75. The lowest BCUT2D eigenvalue weighted by atomic mass is 9.84. The van der Waals surface area contributed by atoms with Gasteiger partial charge in [-0.05, 0) is 31.2 Å². The van der Waals surface area contributed by atoms with Crippen LogP contribution in [0.25, 0.3) is 0 Å². The molecule has 0 aromatic rings. The molecule has 1 fully saturated rings. The number of nitrogens with one attached hydrogen (secondary N) is 1. The standard InChI is InChI=1S/C19H38N2OS/c1-2-3-4-5-6-7-8-9-10-12-15-19(23-21-18(20)22)16-13-11-14-17-19/h2-17H2,1H3,(H3,20,21,22). The Balaban J connectivity index is 2.07. The van der Waals surface area contributed by atoms with Crippen LogP contribution in [0.2, 0.25) is 0 Å². The van der Waals surface area contributed by atoms with Gasteiger partial charge in [-0.25, -0.2) is 4.79 Å². The number of hydrogen-bond acceptors (Lipinski definition) is 2. The van der Waals surface area contributed by atoms with Crippen molar-refractivity contribution in [2.75, 3.05) is 0 Å². The van der Waals surface area contributed by atoms with Crippen LogP contribution in [0.15, 0.2) is 0 Å². The van der Waals surface area contributed by atoms with Crippen LogP contribution in [0.5, 0.6) is 0 Å². The topological polar surface area (TPSA) is 55.1 Å². The molecular formula is C19H38N2OS. The highest BCUT2D eigenvalue weighted by Gasteiger charge is 2.32. The number of rotatable bonds is 13. The SMILES string of the molecule is CCCCCCCCCCCCC1(SNC(N)=O)CCCCC1. The second kappa shape index (κ2) is 13.0. The van der Waals surface area contributed by atoms with Crippen molar-refractivity contribution in [2.24, 2.45) is 5.73 Å². The van der Waals surface area contributed by atoms with Gasteiger partial charge < -0.3 is 5.73 Å². The van der Waals surface area contributed by atoms with Gasteiger partial charge in [0.1, 0.15) is 0 Å². The maximum atomic E-state index is 11.0. The molecule has 1 rings (SSSR count). The Bertz CT molecular complexity index is 304. The van der Waals surface area contributed by atoms with Crippen molar-refractivity contribution in [1.29, 1.82) is 0 Å². The highest BCUT2D eigenvalue weighted by Crippen LogP contribution is 2.42. The van der Waals surface area contributed by atoms with Gasteiger partial charge in [0.05, 0.1) is 0 Å². The molecule has 1 aliphatic rings. The van der Waals surface area contributed by atoms with Crippen LogP contribution in [0.4, 0.5) is 4.79 Å². The molecule has 0 aromatic carbocycles. The van der Waals surface area contributed by atoms with E-state index in [0.717, 1.165) is 0 Å². The smallest absolute Gasteiger partial charge is 0.322 e. The minimum atomic E-state index is -0.400. The monoisotopic (exact) mass is 342 g/mol. The summed E-state index contributed by atoms with van der Waals surface area (Å²) in [7, 11) is 0. The molecule has 0 saturated heterocycles. The van der Waals surface area contributed by atoms with Gasteiger partial charge in [-0.1, -0.05) is 90.4 Å². The molecule has 2 amide bonds. The molecule has 3 N–H and O–H groups in total. The number of carbonyl (C=O) groups is 1. The summed E-state index contributed by atoms with van der Waals surface area (Å²) in [5.74, 6) is 0. The van der Waals surface area contributed by atoms with Gasteiger partial charge >= 0.3 is 6.03 Å². The summed E-state index contributed by atoms with van der Waals surface area (Å²) in [6.07, 6.45) is 21.4. The molecule has 0 heterocycles. The first-order chi connectivity index (χ1) is 11.2. The number of carbonyl (C=O) groups excluding carboxylic acids is 1. The lowest BCUT2D eigenvalue weighted by Crippen LogP contribution is -2.35. The number of unbranched alkanes of at least 4 members (excludes halogenated alkanes) is 9. The normalized spacial score (nSPS) is 17.1. The van der Waals surface area contributed by atoms with Crippen molar-refractivity contribution >= 4 is 18.0 Å². The summed E-state index contributed by atoms with van der Waals surface area (Å²) in [5, 5.41) is 0. The molecule has 1 saturated carbocycles. The Morgan fingerprint density at radius 2 is 1.43 bits per heavy atom. The van der Waals surface area contributed by atoms with E-state index >= 15 is 0 Å². The Morgan fingerprint density at radius 1 is 0.913 bits per heavy atom. The van der Waals surface area contributed by atoms with Gasteiger partial charge in [-0.15, -0.1) is 0 Å². The number of urea groups is 1. The van der Waals surface area contributed by atoms with Crippen LogP contribution >= 0.6 is 11.9 Å². The van der Waals surface area contributed by atoms with Gasteiger partial charge in [0.2, 0.25) is 0 Å². The molecule has 0 bridgehead atoms. The summed E-state index contributed by atoms with van der Waals surface area (Å²) in [6.45, 7) is 2.27. The molecule has 0 unspecified atom stereocenters. The molecule has 23 heavy (non-hydrogen) atoms. The molecule has 0 radical (unpaired) electrons. The predicted octanol–water partition coefficient (Wildman–Crippen LogP) is 6.32. The molecule has 3 nitrogen and oxygen atoms in total. The van der Waals surface area contributed by atoms with E-state index in [1.165, 1.54) is 103 Å². The molecule has 136 valence electrons. The Hall–Kier alpha value is -0.380. The van der Waals surface area contributed by atoms with E-state index in [1.54, 1.807) is 11.9 Å². The van der Waals surface area contributed by atoms with E-state index in [9.17, 15) is 4.79 Å². The summed E-state index contributed by atoms with van der Waals surface area (Å²) < 4.78 is 3.05. The first-order valence-corrected chi connectivity index (χ1v) is 10.7. The molecular weight excluding hydrogens is 304 g/mol. The van der Waals surface area contributed by atoms with Crippen molar-refractivity contribution in [3.05, 3.63) is 0 Å². The second-order valence-electron chi connectivity index (χ2n) is 7.24. The van der Waals surface area contributed by atoms with Crippen LogP contribution in [0, 0.1) is 0 Å². The molecule has 0 aromatic heterocycles. The zero-order valence-electron chi connectivity index (χ0n) is 15.2. The van der Waals surface area contributed by atoms with E-state index in [-0.39, 0.29) is 4.75 Å². The molecule has 0 aliphatic heterocycles. The quantitative estimate of drug-likeness (QED) is 0.304. The first kappa shape index (κ1) is 20.7. The van der Waals surface area contributed by atoms with E-state index < -0.39 is 6.03 Å². The van der Waals surface area contributed by atoms with E-state index in [0.29, 0.717) is 0 Å². The average Bonchev–Trinajstić information content (AvgIpc) is 2.56. The second-order valence-corrected chi connectivity index (χ2v) is 8.52. The van der Waals surface area contributed by atoms with E-state index in [1.807, 2.05) is 0 Å². The highest BCUT2D eigenvalue weighted by atomic mass is 32.2. The maximum absolute atomic E-state index is 11.0. The average molecular weight is 343 g/mol. The Kier molecular flexibility index (Phi) is 11.7. The highest BCUT2D eigenvalue weighted by molar-refractivity contribution is 7.99. The van der Waals surface area contributed by atoms with Crippen LogP contribution in [-0.2, 0) is 0 Å². The van der Waals surface area contributed by atoms with Crippen molar-refractivity contribution in [3.8, 4) is 0 Å². The third kappa shape index (κ3) is 10.2. The Labute approximate surface area is 148 Å². The minimum absolute atomic E-state index is 0.257. The molecule has 4 heteroatoms. The maximum Gasteiger partial charge on any atom is 0.322 e. The van der Waals surface area contributed by atoms with Crippen LogP contribution < -0.4 is 10.5 Å². The number of hydrogen-bond donors (Lipinski definition) is 2. The third-order valence-electron chi connectivity index (χ3n) is 5.12. The van der Waals surface area contributed by atoms with Crippen LogP contribution in [0.3, 0.4) is 0 Å². The van der Waals surface area contributed by atoms with Gasteiger partial charge in [0.25, 0.3) is 0 Å². The number of primary amides is 1. The molecule has 0 spiro atoms. The van der Waals surface area contributed by atoms with E-state index in [2.05, 4.69) is 11.6 Å². The summed E-state index contributed by atoms with van der Waals surface area (Å²) >= 11 is 1.61. The van der Waals surface area contributed by atoms with Crippen molar-refractivity contribution in [3.63, 3.8) is 0 Å².